The van der Waals surface area contributed by atoms with Gasteiger partial charge in [0.1, 0.15) is 12.4 Å². The molecule has 1 unspecified atom stereocenters. The Labute approximate surface area is 213 Å². The van der Waals surface area contributed by atoms with Crippen molar-refractivity contribution in [1.82, 2.24) is 0 Å². The summed E-state index contributed by atoms with van der Waals surface area (Å²) in [6, 6.07) is 8.67. The van der Waals surface area contributed by atoms with Crippen LogP contribution < -0.4 is 4.74 Å². The molecule has 188 valence electrons. The van der Waals surface area contributed by atoms with Gasteiger partial charge in [-0.25, -0.2) is 0 Å². The van der Waals surface area contributed by atoms with Gasteiger partial charge < -0.3 is 9.47 Å². The summed E-state index contributed by atoms with van der Waals surface area (Å²) in [4.78, 5) is 26.5. The van der Waals surface area contributed by atoms with E-state index in [1.54, 1.807) is 11.8 Å². The number of carbonyl (C=O) groups is 2. The third-order valence-corrected chi connectivity index (χ3v) is 8.34. The molecule has 0 bridgehead atoms. The Bertz CT molecular complexity index is 956. The fourth-order valence-corrected chi connectivity index (χ4v) is 5.90. The summed E-state index contributed by atoms with van der Waals surface area (Å²) >= 11 is 3.48. The SMILES string of the molecule is CCOC(=O)CSCc1sc(CCC(CC)c2ccc(OCC(=O)C(C)(C)C)c(C)c2)cc1C. The number of ether oxygens (including phenoxy) is 2. The van der Waals surface area contributed by atoms with Crippen LogP contribution in [0.25, 0.3) is 0 Å². The molecule has 1 heterocycles. The number of aryl methyl sites for hydroxylation is 3. The summed E-state index contributed by atoms with van der Waals surface area (Å²) < 4.78 is 10.8. The number of benzene rings is 1. The smallest absolute Gasteiger partial charge is 0.315 e. The number of thiophene rings is 1. The van der Waals surface area contributed by atoms with Crippen molar-refractivity contribution < 1.29 is 19.1 Å². The molecule has 0 saturated heterocycles. The molecule has 0 aliphatic carbocycles. The Balaban J connectivity index is 1.93. The third-order valence-electron chi connectivity index (χ3n) is 5.93. The Kier molecular flexibility index (Phi) is 11.2. The summed E-state index contributed by atoms with van der Waals surface area (Å²) in [6.07, 6.45) is 3.21. The highest BCUT2D eigenvalue weighted by Crippen LogP contribution is 2.32. The Hall–Kier alpha value is -1.79. The van der Waals surface area contributed by atoms with E-state index in [4.69, 9.17) is 9.47 Å². The lowest BCUT2D eigenvalue weighted by Gasteiger charge is -2.19. The van der Waals surface area contributed by atoms with Gasteiger partial charge in [-0.3, -0.25) is 9.59 Å². The molecule has 0 aliphatic heterocycles. The van der Waals surface area contributed by atoms with Crippen LogP contribution >= 0.6 is 23.1 Å². The van der Waals surface area contributed by atoms with Crippen LogP contribution in [0.2, 0.25) is 0 Å². The van der Waals surface area contributed by atoms with E-state index in [1.165, 1.54) is 20.9 Å². The van der Waals surface area contributed by atoms with Crippen molar-refractivity contribution in [2.75, 3.05) is 19.0 Å². The van der Waals surface area contributed by atoms with Gasteiger partial charge in [-0.2, -0.15) is 0 Å². The van der Waals surface area contributed by atoms with Crippen molar-refractivity contribution in [1.29, 1.82) is 0 Å². The molecule has 0 spiro atoms. The van der Waals surface area contributed by atoms with Crippen molar-refractivity contribution in [2.45, 2.75) is 79.4 Å². The van der Waals surface area contributed by atoms with Gasteiger partial charge in [-0.1, -0.05) is 39.8 Å². The molecule has 0 radical (unpaired) electrons. The van der Waals surface area contributed by atoms with Gasteiger partial charge in [0.05, 0.1) is 12.4 Å². The normalized spacial score (nSPS) is 12.4. The number of rotatable bonds is 13. The number of hydrogen-bond donors (Lipinski definition) is 0. The summed E-state index contributed by atoms with van der Waals surface area (Å²) in [5.74, 6) is 2.49. The Morgan fingerprint density at radius 2 is 1.82 bits per heavy atom. The standard InChI is InChI=1S/C28H40O4S2/c1-8-21(22-11-13-24(19(3)14-22)32-16-26(29)28(5,6)7)10-12-23-15-20(4)25(34-23)17-33-18-27(30)31-9-2/h11,13-15,21H,8-10,12,16-18H2,1-7H3. The number of thioether (sulfide) groups is 1. The molecule has 0 fully saturated rings. The summed E-state index contributed by atoms with van der Waals surface area (Å²) in [5.41, 5.74) is 3.32. The number of Topliss-reactive ketones (excluding diaryl/α,β-unsaturated/α-hetero) is 1. The average molecular weight is 505 g/mol. The van der Waals surface area contributed by atoms with Gasteiger partial charge >= 0.3 is 5.97 Å². The molecular weight excluding hydrogens is 464 g/mol. The highest BCUT2D eigenvalue weighted by Gasteiger charge is 2.22. The lowest BCUT2D eigenvalue weighted by atomic mass is 9.90. The van der Waals surface area contributed by atoms with Crippen LogP contribution in [0.15, 0.2) is 24.3 Å². The number of hydrogen-bond acceptors (Lipinski definition) is 6. The van der Waals surface area contributed by atoms with E-state index in [0.717, 1.165) is 36.3 Å². The molecule has 0 N–H and O–H groups in total. The quantitative estimate of drug-likeness (QED) is 0.268. The molecular formula is C28H40O4S2. The Morgan fingerprint density at radius 1 is 1.09 bits per heavy atom. The van der Waals surface area contributed by atoms with Gasteiger partial charge in [-0.15, -0.1) is 23.1 Å². The zero-order valence-electron chi connectivity index (χ0n) is 21.8. The number of esters is 1. The van der Waals surface area contributed by atoms with Crippen LogP contribution in [0.3, 0.4) is 0 Å². The minimum atomic E-state index is -0.388. The van der Waals surface area contributed by atoms with E-state index in [-0.39, 0.29) is 23.8 Å². The zero-order chi connectivity index (χ0) is 25.3. The fraction of sp³-hybridized carbons (Fsp3) is 0.571. The second-order valence-electron chi connectivity index (χ2n) is 9.75. The monoisotopic (exact) mass is 504 g/mol. The van der Waals surface area contributed by atoms with Crippen LogP contribution in [0.5, 0.6) is 5.75 Å². The first-order chi connectivity index (χ1) is 16.0. The number of ketones is 1. The molecule has 6 heteroatoms. The van der Waals surface area contributed by atoms with Crippen LogP contribution in [-0.4, -0.2) is 30.7 Å². The molecule has 2 aromatic rings. The van der Waals surface area contributed by atoms with Crippen molar-refractivity contribution in [3.63, 3.8) is 0 Å². The van der Waals surface area contributed by atoms with Crippen LogP contribution in [0.4, 0.5) is 0 Å². The summed E-state index contributed by atoms with van der Waals surface area (Å²) in [6.45, 7) is 14.6. The van der Waals surface area contributed by atoms with E-state index in [9.17, 15) is 9.59 Å². The van der Waals surface area contributed by atoms with Crippen molar-refractivity contribution >= 4 is 34.9 Å². The Morgan fingerprint density at radius 3 is 2.44 bits per heavy atom. The lowest BCUT2D eigenvalue weighted by Crippen LogP contribution is -2.26. The minimum Gasteiger partial charge on any atom is -0.486 e. The second-order valence-corrected chi connectivity index (χ2v) is 12.0. The van der Waals surface area contributed by atoms with E-state index < -0.39 is 0 Å². The highest BCUT2D eigenvalue weighted by molar-refractivity contribution is 7.99. The minimum absolute atomic E-state index is 0.104. The molecule has 0 amide bonds. The van der Waals surface area contributed by atoms with Gasteiger partial charge in [0, 0.05) is 20.9 Å². The maximum absolute atomic E-state index is 12.2. The van der Waals surface area contributed by atoms with E-state index in [2.05, 4.69) is 39.0 Å². The molecule has 2 rings (SSSR count). The van der Waals surface area contributed by atoms with Crippen LogP contribution in [0.1, 0.15) is 79.8 Å². The molecule has 34 heavy (non-hydrogen) atoms. The van der Waals surface area contributed by atoms with E-state index in [0.29, 0.717) is 18.3 Å². The predicted octanol–water partition coefficient (Wildman–Crippen LogP) is 7.28. The maximum Gasteiger partial charge on any atom is 0.315 e. The zero-order valence-corrected chi connectivity index (χ0v) is 23.4. The second kappa shape index (κ2) is 13.3. The van der Waals surface area contributed by atoms with Crippen molar-refractivity contribution in [3.8, 4) is 5.75 Å². The lowest BCUT2D eigenvalue weighted by molar-refractivity contribution is -0.139. The number of carbonyl (C=O) groups excluding carboxylic acids is 2. The van der Waals surface area contributed by atoms with Gasteiger partial charge in [-0.05, 0) is 74.8 Å². The van der Waals surface area contributed by atoms with E-state index >= 15 is 0 Å². The first-order valence-electron chi connectivity index (χ1n) is 12.1. The largest absolute Gasteiger partial charge is 0.486 e. The molecule has 1 aromatic heterocycles. The van der Waals surface area contributed by atoms with Crippen LogP contribution in [-0.2, 0) is 26.5 Å². The highest BCUT2D eigenvalue weighted by atomic mass is 32.2. The van der Waals surface area contributed by atoms with E-state index in [1.807, 2.05) is 45.1 Å². The predicted molar refractivity (Wildman–Crippen MR) is 144 cm³/mol. The molecule has 1 aromatic carbocycles. The average Bonchev–Trinajstić information content (AvgIpc) is 3.12. The molecule has 4 nitrogen and oxygen atoms in total. The van der Waals surface area contributed by atoms with Gasteiger partial charge in [0.25, 0.3) is 0 Å². The first-order valence-corrected chi connectivity index (χ1v) is 14.1. The van der Waals surface area contributed by atoms with Gasteiger partial charge in [0.2, 0.25) is 0 Å². The summed E-state index contributed by atoms with van der Waals surface area (Å²) in [7, 11) is 0. The third kappa shape index (κ3) is 8.77. The fourth-order valence-electron chi connectivity index (χ4n) is 3.66. The maximum atomic E-state index is 12.2. The van der Waals surface area contributed by atoms with Crippen molar-refractivity contribution in [3.05, 3.63) is 50.7 Å². The molecule has 0 saturated carbocycles. The summed E-state index contributed by atoms with van der Waals surface area (Å²) in [5, 5.41) is 0. The molecule has 1 atom stereocenters. The molecule has 0 aliphatic rings. The van der Waals surface area contributed by atoms with Crippen molar-refractivity contribution in [2.24, 2.45) is 5.41 Å². The van der Waals surface area contributed by atoms with Crippen LogP contribution in [0, 0.1) is 19.3 Å². The van der Waals surface area contributed by atoms with Gasteiger partial charge in [0.15, 0.2) is 5.78 Å². The first kappa shape index (κ1) is 28.4. The topological polar surface area (TPSA) is 52.6 Å².